The second-order valence-electron chi connectivity index (χ2n) is 7.20. The summed E-state index contributed by atoms with van der Waals surface area (Å²) in [7, 11) is 0. The van der Waals surface area contributed by atoms with Crippen LogP contribution in [0, 0.1) is 0 Å². The van der Waals surface area contributed by atoms with Crippen LogP contribution in [0.25, 0.3) is 10.8 Å². The van der Waals surface area contributed by atoms with Gasteiger partial charge in [-0.05, 0) is 45.1 Å². The summed E-state index contributed by atoms with van der Waals surface area (Å²) in [4.78, 5) is 15.2. The van der Waals surface area contributed by atoms with E-state index in [9.17, 15) is 4.79 Å². The summed E-state index contributed by atoms with van der Waals surface area (Å²) >= 11 is 1.51. The molecule has 3 aromatic rings. The van der Waals surface area contributed by atoms with Gasteiger partial charge in [-0.2, -0.15) is 0 Å². The van der Waals surface area contributed by atoms with Crippen molar-refractivity contribution < 1.29 is 4.79 Å². The van der Waals surface area contributed by atoms with Gasteiger partial charge in [-0.15, -0.1) is 10.2 Å². The van der Waals surface area contributed by atoms with Gasteiger partial charge in [0.1, 0.15) is 5.82 Å². The minimum Gasteiger partial charge on any atom is -0.311 e. The fraction of sp³-hybridized carbons (Fsp3) is 0.409. The van der Waals surface area contributed by atoms with Crippen LogP contribution < -0.4 is 4.90 Å². The van der Waals surface area contributed by atoms with Gasteiger partial charge in [-0.3, -0.25) is 4.79 Å². The number of rotatable bonds is 7. The number of anilines is 1. The summed E-state index contributed by atoms with van der Waals surface area (Å²) in [6, 6.07) is 14.3. The monoisotopic (exact) mass is 394 g/mol. The van der Waals surface area contributed by atoms with Gasteiger partial charge in [0, 0.05) is 24.4 Å². The van der Waals surface area contributed by atoms with Crippen LogP contribution in [0.1, 0.15) is 45.4 Å². The Hall–Kier alpha value is -2.34. The number of carbonyl (C=O) groups excluding carboxylic acids is 1. The normalized spacial score (nSPS) is 15.0. The first-order valence-electron chi connectivity index (χ1n) is 10.0. The third kappa shape index (κ3) is 3.53. The molecule has 1 saturated carbocycles. The zero-order valence-electron chi connectivity index (χ0n) is 16.6. The number of hydrogen-bond acceptors (Lipinski definition) is 4. The summed E-state index contributed by atoms with van der Waals surface area (Å²) in [5, 5.41) is 11.6. The number of fused-ring (bicyclic) bond motifs is 1. The molecule has 0 spiro atoms. The summed E-state index contributed by atoms with van der Waals surface area (Å²) < 4.78 is 2.17. The molecule has 1 aliphatic rings. The highest BCUT2D eigenvalue weighted by atomic mass is 32.2. The van der Waals surface area contributed by atoms with Crippen LogP contribution in [0.15, 0.2) is 47.6 Å². The van der Waals surface area contributed by atoms with E-state index < -0.39 is 0 Å². The Labute approximate surface area is 170 Å². The number of thioether (sulfide) groups is 1. The van der Waals surface area contributed by atoms with Crippen LogP contribution in [0.4, 0.5) is 5.69 Å². The average molecular weight is 395 g/mol. The third-order valence-electron chi connectivity index (χ3n) is 5.27. The quantitative estimate of drug-likeness (QED) is 0.537. The standard InChI is InChI=1S/C22H26N4OS/c1-4-25(19-12-8-10-16-9-6-7-11-18(16)19)21(27)15(3)28-22-24-23-20(17-13-14-17)26(22)5-2/h6-12,15,17H,4-5,13-14H2,1-3H3/t15-/m1/s1. The van der Waals surface area contributed by atoms with Crippen molar-refractivity contribution in [3.63, 3.8) is 0 Å². The molecule has 2 aromatic carbocycles. The van der Waals surface area contributed by atoms with Gasteiger partial charge in [0.25, 0.3) is 0 Å². The molecule has 0 N–H and O–H groups in total. The maximum atomic E-state index is 13.3. The van der Waals surface area contributed by atoms with Crippen LogP contribution in [-0.4, -0.2) is 32.5 Å². The Morgan fingerprint density at radius 1 is 1.18 bits per heavy atom. The first-order valence-corrected chi connectivity index (χ1v) is 10.9. The molecule has 5 nitrogen and oxygen atoms in total. The average Bonchev–Trinajstić information content (AvgIpc) is 3.49. The number of nitrogens with zero attached hydrogens (tertiary/aromatic N) is 4. The molecule has 28 heavy (non-hydrogen) atoms. The fourth-order valence-electron chi connectivity index (χ4n) is 3.64. The van der Waals surface area contributed by atoms with Gasteiger partial charge in [0.15, 0.2) is 5.16 Å². The van der Waals surface area contributed by atoms with Crippen molar-refractivity contribution in [3.8, 4) is 0 Å². The van der Waals surface area contributed by atoms with Gasteiger partial charge < -0.3 is 9.47 Å². The number of carbonyl (C=O) groups is 1. The smallest absolute Gasteiger partial charge is 0.240 e. The highest BCUT2D eigenvalue weighted by Gasteiger charge is 2.31. The Morgan fingerprint density at radius 3 is 2.64 bits per heavy atom. The molecular formula is C22H26N4OS. The lowest BCUT2D eigenvalue weighted by molar-refractivity contribution is -0.117. The largest absolute Gasteiger partial charge is 0.311 e. The fourth-order valence-corrected chi connectivity index (χ4v) is 4.63. The molecule has 4 rings (SSSR count). The summed E-state index contributed by atoms with van der Waals surface area (Å²) in [5.74, 6) is 1.73. The maximum absolute atomic E-state index is 13.3. The molecule has 6 heteroatoms. The molecule has 0 saturated heterocycles. The number of benzene rings is 2. The van der Waals surface area contributed by atoms with E-state index in [0.717, 1.165) is 34.0 Å². The van der Waals surface area contributed by atoms with Crippen molar-refractivity contribution in [3.05, 3.63) is 48.3 Å². The van der Waals surface area contributed by atoms with Crippen LogP contribution in [0.2, 0.25) is 0 Å². The third-order valence-corrected chi connectivity index (χ3v) is 6.34. The van der Waals surface area contributed by atoms with Gasteiger partial charge in [0.05, 0.1) is 10.9 Å². The van der Waals surface area contributed by atoms with E-state index in [0.29, 0.717) is 12.5 Å². The predicted molar refractivity (Wildman–Crippen MR) is 115 cm³/mol. The number of amides is 1. The lowest BCUT2D eigenvalue weighted by Gasteiger charge is -2.25. The van der Waals surface area contributed by atoms with E-state index in [1.165, 1.54) is 24.6 Å². The highest BCUT2D eigenvalue weighted by molar-refractivity contribution is 8.00. The van der Waals surface area contributed by atoms with Crippen molar-refractivity contribution in [2.75, 3.05) is 11.4 Å². The second kappa shape index (κ2) is 7.95. The number of hydrogen-bond donors (Lipinski definition) is 0. The Kier molecular flexibility index (Phi) is 5.40. The SMILES string of the molecule is CCN(C(=O)[C@@H](C)Sc1nnc(C2CC2)n1CC)c1cccc2ccccc12. The maximum Gasteiger partial charge on any atom is 0.240 e. The molecule has 1 fully saturated rings. The second-order valence-corrected chi connectivity index (χ2v) is 8.51. The van der Waals surface area contributed by atoms with Crippen molar-refractivity contribution in [1.29, 1.82) is 0 Å². The molecule has 1 atom stereocenters. The van der Waals surface area contributed by atoms with Gasteiger partial charge >= 0.3 is 0 Å². The predicted octanol–water partition coefficient (Wildman–Crippen LogP) is 4.86. The molecule has 0 unspecified atom stereocenters. The zero-order valence-corrected chi connectivity index (χ0v) is 17.4. The Balaban J connectivity index is 1.58. The molecule has 1 amide bonds. The minimum absolute atomic E-state index is 0.0995. The van der Waals surface area contributed by atoms with Crippen LogP contribution in [0.5, 0.6) is 0 Å². The lowest BCUT2D eigenvalue weighted by atomic mass is 10.1. The molecule has 0 aliphatic heterocycles. The molecule has 0 radical (unpaired) electrons. The Morgan fingerprint density at radius 2 is 1.93 bits per heavy atom. The minimum atomic E-state index is -0.236. The Bertz CT molecular complexity index is 990. The lowest BCUT2D eigenvalue weighted by Crippen LogP contribution is -2.36. The first-order chi connectivity index (χ1) is 13.6. The van der Waals surface area contributed by atoms with E-state index in [1.807, 2.05) is 43.0 Å². The molecule has 1 aliphatic carbocycles. The summed E-state index contributed by atoms with van der Waals surface area (Å²) in [6.45, 7) is 7.57. The van der Waals surface area contributed by atoms with Crippen molar-refractivity contribution in [2.45, 2.75) is 56.5 Å². The van der Waals surface area contributed by atoms with Crippen molar-refractivity contribution >= 4 is 34.1 Å². The van der Waals surface area contributed by atoms with Gasteiger partial charge in [-0.1, -0.05) is 48.2 Å². The highest BCUT2D eigenvalue weighted by Crippen LogP contribution is 2.40. The van der Waals surface area contributed by atoms with E-state index in [2.05, 4.69) is 39.9 Å². The van der Waals surface area contributed by atoms with Gasteiger partial charge in [-0.25, -0.2) is 0 Å². The van der Waals surface area contributed by atoms with E-state index in [4.69, 9.17) is 0 Å². The topological polar surface area (TPSA) is 51.0 Å². The molecule has 146 valence electrons. The summed E-state index contributed by atoms with van der Waals surface area (Å²) in [6.07, 6.45) is 2.39. The zero-order chi connectivity index (χ0) is 19.7. The van der Waals surface area contributed by atoms with Gasteiger partial charge in [0.2, 0.25) is 5.91 Å². The van der Waals surface area contributed by atoms with Crippen molar-refractivity contribution in [1.82, 2.24) is 14.8 Å². The molecule has 1 heterocycles. The van der Waals surface area contributed by atoms with E-state index in [1.54, 1.807) is 0 Å². The van der Waals surface area contributed by atoms with Crippen LogP contribution in [0.3, 0.4) is 0 Å². The van der Waals surface area contributed by atoms with Crippen LogP contribution >= 0.6 is 11.8 Å². The van der Waals surface area contributed by atoms with Crippen LogP contribution in [-0.2, 0) is 11.3 Å². The van der Waals surface area contributed by atoms with Crippen molar-refractivity contribution in [2.24, 2.45) is 0 Å². The molecule has 0 bridgehead atoms. The molecule has 1 aromatic heterocycles. The molecular weight excluding hydrogens is 368 g/mol. The number of aromatic nitrogens is 3. The van der Waals surface area contributed by atoms with E-state index >= 15 is 0 Å². The summed E-state index contributed by atoms with van der Waals surface area (Å²) in [5.41, 5.74) is 0.966. The first kappa shape index (κ1) is 19.0. The van der Waals surface area contributed by atoms with E-state index in [-0.39, 0.29) is 11.2 Å².